The molecule has 0 spiro atoms. The summed E-state index contributed by atoms with van der Waals surface area (Å²) in [5, 5.41) is 6.36. The molecule has 6 nitrogen and oxygen atoms in total. The fourth-order valence-corrected chi connectivity index (χ4v) is 2.36. The summed E-state index contributed by atoms with van der Waals surface area (Å²) >= 11 is 11.7. The molecule has 0 bridgehead atoms. The number of ether oxygens (including phenoxy) is 2. The van der Waals surface area contributed by atoms with E-state index in [9.17, 15) is 9.59 Å². The van der Waals surface area contributed by atoms with Gasteiger partial charge in [-0.2, -0.15) is 0 Å². The fraction of sp³-hybridized carbons (Fsp3) is 0.222. The fourth-order valence-electron chi connectivity index (χ4n) is 2.06. The monoisotopic (exact) mass is 396 g/mol. The first kappa shape index (κ1) is 19.9. The summed E-state index contributed by atoms with van der Waals surface area (Å²) in [6.07, 6.45) is 0. The summed E-state index contributed by atoms with van der Waals surface area (Å²) in [4.78, 5) is 23.9. The standard InChI is InChI=1S/C18H18Cl2N2O4/c1-25-16-7-4-13(20)10-15(16)18(24)22-9-8-21-17(23)11-26-14-5-2-12(19)3-6-14/h2-7,10H,8-9,11H2,1H3,(H,21,23)(H,22,24). The summed E-state index contributed by atoms with van der Waals surface area (Å²) in [5.74, 6) is 0.337. The highest BCUT2D eigenvalue weighted by Gasteiger charge is 2.12. The molecule has 0 aromatic heterocycles. The maximum atomic E-state index is 12.2. The molecule has 0 heterocycles. The molecule has 2 aromatic rings. The van der Waals surface area contributed by atoms with Crippen LogP contribution in [0.2, 0.25) is 10.0 Å². The van der Waals surface area contributed by atoms with Gasteiger partial charge in [0.25, 0.3) is 11.8 Å². The molecule has 2 N–H and O–H groups in total. The highest BCUT2D eigenvalue weighted by molar-refractivity contribution is 6.31. The molecule has 0 aliphatic rings. The maximum absolute atomic E-state index is 12.2. The van der Waals surface area contributed by atoms with E-state index in [1.807, 2.05) is 0 Å². The van der Waals surface area contributed by atoms with Gasteiger partial charge in [0.15, 0.2) is 6.61 Å². The van der Waals surface area contributed by atoms with Crippen LogP contribution in [0.3, 0.4) is 0 Å². The zero-order chi connectivity index (χ0) is 18.9. The van der Waals surface area contributed by atoms with Gasteiger partial charge in [0.05, 0.1) is 12.7 Å². The summed E-state index contributed by atoms with van der Waals surface area (Å²) in [6.45, 7) is 0.385. The Morgan fingerprint density at radius 3 is 2.31 bits per heavy atom. The van der Waals surface area contributed by atoms with Crippen LogP contribution in [0.15, 0.2) is 42.5 Å². The van der Waals surface area contributed by atoms with Crippen molar-refractivity contribution in [2.45, 2.75) is 0 Å². The lowest BCUT2D eigenvalue weighted by atomic mass is 10.2. The van der Waals surface area contributed by atoms with Crippen LogP contribution in [0.5, 0.6) is 11.5 Å². The number of hydrogen-bond acceptors (Lipinski definition) is 4. The lowest BCUT2D eigenvalue weighted by molar-refractivity contribution is -0.123. The minimum absolute atomic E-state index is 0.127. The predicted octanol–water partition coefficient (Wildman–Crippen LogP) is 2.93. The molecule has 8 heteroatoms. The van der Waals surface area contributed by atoms with Crippen molar-refractivity contribution in [3.63, 3.8) is 0 Å². The first-order valence-corrected chi connectivity index (χ1v) is 8.52. The zero-order valence-electron chi connectivity index (χ0n) is 14.1. The quantitative estimate of drug-likeness (QED) is 0.672. The number of carbonyl (C=O) groups excluding carboxylic acids is 2. The summed E-state index contributed by atoms with van der Waals surface area (Å²) in [7, 11) is 1.47. The minimum Gasteiger partial charge on any atom is -0.496 e. The molecule has 0 aliphatic heterocycles. The van der Waals surface area contributed by atoms with E-state index in [2.05, 4.69) is 10.6 Å². The van der Waals surface area contributed by atoms with Crippen molar-refractivity contribution >= 4 is 35.0 Å². The number of carbonyl (C=O) groups is 2. The molecule has 2 amide bonds. The van der Waals surface area contributed by atoms with Crippen molar-refractivity contribution in [1.82, 2.24) is 10.6 Å². The van der Waals surface area contributed by atoms with Gasteiger partial charge in [-0.3, -0.25) is 9.59 Å². The number of benzene rings is 2. The second kappa shape index (κ2) is 9.89. The van der Waals surface area contributed by atoms with Gasteiger partial charge in [0.1, 0.15) is 11.5 Å². The van der Waals surface area contributed by atoms with E-state index >= 15 is 0 Å². The van der Waals surface area contributed by atoms with E-state index < -0.39 is 0 Å². The van der Waals surface area contributed by atoms with Gasteiger partial charge in [-0.15, -0.1) is 0 Å². The Kier molecular flexibility index (Phi) is 7.56. The predicted molar refractivity (Wildman–Crippen MR) is 100 cm³/mol. The molecule has 0 fully saturated rings. The Labute approximate surface area is 161 Å². The van der Waals surface area contributed by atoms with E-state index in [0.717, 1.165) is 0 Å². The Morgan fingerprint density at radius 1 is 0.962 bits per heavy atom. The highest BCUT2D eigenvalue weighted by Crippen LogP contribution is 2.22. The molecule has 2 aromatic carbocycles. The number of methoxy groups -OCH3 is 1. The third-order valence-electron chi connectivity index (χ3n) is 3.32. The van der Waals surface area contributed by atoms with Crippen molar-refractivity contribution < 1.29 is 19.1 Å². The molecule has 0 saturated heterocycles. The molecule has 0 unspecified atom stereocenters. The molecule has 138 valence electrons. The van der Waals surface area contributed by atoms with Crippen molar-refractivity contribution in [3.8, 4) is 11.5 Å². The van der Waals surface area contributed by atoms with Crippen LogP contribution in [0.4, 0.5) is 0 Å². The third kappa shape index (κ3) is 6.13. The second-order valence-corrected chi connectivity index (χ2v) is 6.07. The summed E-state index contributed by atoms with van der Waals surface area (Å²) < 4.78 is 10.5. The number of hydrogen-bond donors (Lipinski definition) is 2. The SMILES string of the molecule is COc1ccc(Cl)cc1C(=O)NCCNC(=O)COc1ccc(Cl)cc1. The van der Waals surface area contributed by atoms with Crippen LogP contribution in [-0.2, 0) is 4.79 Å². The Balaban J connectivity index is 1.71. The van der Waals surface area contributed by atoms with Crippen molar-refractivity contribution in [2.75, 3.05) is 26.8 Å². The lowest BCUT2D eigenvalue weighted by Gasteiger charge is -2.11. The third-order valence-corrected chi connectivity index (χ3v) is 3.81. The summed E-state index contributed by atoms with van der Waals surface area (Å²) in [6, 6.07) is 11.5. The minimum atomic E-state index is -0.337. The Morgan fingerprint density at radius 2 is 1.62 bits per heavy atom. The number of rotatable bonds is 8. The van der Waals surface area contributed by atoms with E-state index in [1.165, 1.54) is 13.2 Å². The van der Waals surface area contributed by atoms with Gasteiger partial charge in [-0.05, 0) is 42.5 Å². The number of nitrogens with one attached hydrogen (secondary N) is 2. The average molecular weight is 397 g/mol. The van der Waals surface area contributed by atoms with E-state index in [1.54, 1.807) is 36.4 Å². The first-order chi connectivity index (χ1) is 12.5. The number of amides is 2. The molecular formula is C18H18Cl2N2O4. The van der Waals surface area contributed by atoms with Gasteiger partial charge < -0.3 is 20.1 Å². The second-order valence-electron chi connectivity index (χ2n) is 5.19. The first-order valence-electron chi connectivity index (χ1n) is 7.76. The molecule has 0 saturated carbocycles. The Hall–Kier alpha value is -2.44. The normalized spacial score (nSPS) is 10.1. The largest absolute Gasteiger partial charge is 0.496 e. The van der Waals surface area contributed by atoms with Gasteiger partial charge in [0, 0.05) is 23.1 Å². The van der Waals surface area contributed by atoms with Gasteiger partial charge in [-0.25, -0.2) is 0 Å². The highest BCUT2D eigenvalue weighted by atomic mass is 35.5. The van der Waals surface area contributed by atoms with E-state index in [0.29, 0.717) is 27.1 Å². The van der Waals surface area contributed by atoms with Gasteiger partial charge >= 0.3 is 0 Å². The molecule has 26 heavy (non-hydrogen) atoms. The topological polar surface area (TPSA) is 76.7 Å². The maximum Gasteiger partial charge on any atom is 0.258 e. The van der Waals surface area contributed by atoms with Crippen molar-refractivity contribution in [3.05, 3.63) is 58.1 Å². The summed E-state index contributed by atoms with van der Waals surface area (Å²) in [5.41, 5.74) is 0.331. The van der Waals surface area contributed by atoms with Crippen LogP contribution in [0.1, 0.15) is 10.4 Å². The van der Waals surface area contributed by atoms with E-state index in [-0.39, 0.29) is 31.5 Å². The number of halogens is 2. The van der Waals surface area contributed by atoms with Crippen LogP contribution in [0, 0.1) is 0 Å². The van der Waals surface area contributed by atoms with Crippen molar-refractivity contribution in [1.29, 1.82) is 0 Å². The molecule has 0 aliphatic carbocycles. The van der Waals surface area contributed by atoms with Crippen LogP contribution < -0.4 is 20.1 Å². The van der Waals surface area contributed by atoms with E-state index in [4.69, 9.17) is 32.7 Å². The molecular weight excluding hydrogens is 379 g/mol. The van der Waals surface area contributed by atoms with Crippen molar-refractivity contribution in [2.24, 2.45) is 0 Å². The van der Waals surface area contributed by atoms with Gasteiger partial charge in [0.2, 0.25) is 0 Å². The van der Waals surface area contributed by atoms with Crippen LogP contribution >= 0.6 is 23.2 Å². The Bertz CT molecular complexity index is 766. The molecule has 0 atom stereocenters. The van der Waals surface area contributed by atoms with Gasteiger partial charge in [-0.1, -0.05) is 23.2 Å². The zero-order valence-corrected chi connectivity index (χ0v) is 15.6. The molecule has 2 rings (SSSR count). The average Bonchev–Trinajstić information content (AvgIpc) is 2.64. The van der Waals surface area contributed by atoms with Crippen LogP contribution in [0.25, 0.3) is 0 Å². The smallest absolute Gasteiger partial charge is 0.258 e. The lowest BCUT2D eigenvalue weighted by Crippen LogP contribution is -2.36. The van der Waals surface area contributed by atoms with Crippen LogP contribution in [-0.4, -0.2) is 38.6 Å². The molecule has 0 radical (unpaired) electrons.